The van der Waals surface area contributed by atoms with E-state index >= 15 is 0 Å². The summed E-state index contributed by atoms with van der Waals surface area (Å²) in [5, 5.41) is -0.478. The van der Waals surface area contributed by atoms with Crippen LogP contribution in [0.25, 0.3) is 0 Å². The Morgan fingerprint density at radius 3 is 1.96 bits per heavy atom. The molecular formula is C21H34ClFO. The molecule has 3 aliphatic rings. The Hall–Kier alpha value is -0.110. The predicted molar refractivity (Wildman–Crippen MR) is 98.0 cm³/mol. The number of carbonyl (C=O) groups excluding carboxylic acids is 1. The van der Waals surface area contributed by atoms with Gasteiger partial charge in [-0.2, -0.15) is 0 Å². The maximum absolute atomic E-state index is 14.5. The lowest BCUT2D eigenvalue weighted by molar-refractivity contribution is -0.131. The highest BCUT2D eigenvalue weighted by Gasteiger charge is 2.43. The van der Waals surface area contributed by atoms with E-state index in [-0.39, 0.29) is 17.6 Å². The van der Waals surface area contributed by atoms with Crippen molar-refractivity contribution in [2.24, 2.45) is 35.5 Å². The molecule has 0 N–H and O–H groups in total. The summed E-state index contributed by atoms with van der Waals surface area (Å²) in [6.07, 6.45) is 10.3. The molecule has 0 aromatic heterocycles. The summed E-state index contributed by atoms with van der Waals surface area (Å²) < 4.78 is 14.5. The summed E-state index contributed by atoms with van der Waals surface area (Å²) in [5.74, 6) is 2.65. The van der Waals surface area contributed by atoms with Gasteiger partial charge in [-0.15, -0.1) is 11.6 Å². The summed E-state index contributed by atoms with van der Waals surface area (Å²) in [4.78, 5) is 12.8. The third-order valence-corrected chi connectivity index (χ3v) is 8.10. The predicted octanol–water partition coefficient (Wildman–Crippen LogP) is 6.18. The Bertz CT molecular complexity index is 424. The molecule has 4 atom stereocenters. The van der Waals surface area contributed by atoms with Gasteiger partial charge in [0, 0.05) is 5.92 Å². The van der Waals surface area contributed by atoms with E-state index in [1.54, 1.807) is 0 Å². The molecule has 4 unspecified atom stereocenters. The van der Waals surface area contributed by atoms with Gasteiger partial charge in [0.15, 0.2) is 0 Å². The number of Topliss-reactive ketones (excluding diaryl/α,β-unsaturated/α-hetero) is 1. The monoisotopic (exact) mass is 356 g/mol. The second kappa shape index (κ2) is 8.06. The molecule has 1 nitrogen and oxygen atoms in total. The topological polar surface area (TPSA) is 17.1 Å². The quantitative estimate of drug-likeness (QED) is 0.552. The van der Waals surface area contributed by atoms with Gasteiger partial charge in [0.05, 0.1) is 11.3 Å². The molecule has 3 heteroatoms. The Balaban J connectivity index is 1.50. The fourth-order valence-electron chi connectivity index (χ4n) is 5.53. The van der Waals surface area contributed by atoms with Gasteiger partial charge in [0.25, 0.3) is 0 Å². The van der Waals surface area contributed by atoms with E-state index in [2.05, 4.69) is 6.92 Å². The van der Waals surface area contributed by atoms with E-state index in [0.29, 0.717) is 6.42 Å². The third-order valence-electron chi connectivity index (χ3n) is 7.43. The van der Waals surface area contributed by atoms with Gasteiger partial charge in [-0.05, 0) is 75.0 Å². The number of alkyl halides is 2. The van der Waals surface area contributed by atoms with Crippen LogP contribution >= 0.6 is 11.6 Å². The van der Waals surface area contributed by atoms with E-state index in [4.69, 9.17) is 11.6 Å². The molecule has 3 saturated carbocycles. The normalized spacial score (nSPS) is 47.3. The van der Waals surface area contributed by atoms with Crippen LogP contribution < -0.4 is 0 Å². The fraction of sp³-hybridized carbons (Fsp3) is 0.952. The third kappa shape index (κ3) is 4.00. The van der Waals surface area contributed by atoms with Crippen LogP contribution in [0.15, 0.2) is 0 Å². The van der Waals surface area contributed by atoms with Crippen LogP contribution in [-0.2, 0) is 4.79 Å². The summed E-state index contributed by atoms with van der Waals surface area (Å²) in [5.41, 5.74) is 0. The number of ketones is 1. The van der Waals surface area contributed by atoms with Crippen LogP contribution in [0.5, 0.6) is 0 Å². The summed E-state index contributed by atoms with van der Waals surface area (Å²) >= 11 is 6.20. The SMILES string of the molecule is CC1CCC(C2CCC(C(=O)C3CCC(C)C(Cl)C3F)CC2)CC1. The number of carbonyl (C=O) groups is 1. The van der Waals surface area contributed by atoms with E-state index in [0.717, 1.165) is 37.0 Å². The number of halogens is 2. The van der Waals surface area contributed by atoms with Crippen molar-refractivity contribution in [3.8, 4) is 0 Å². The smallest absolute Gasteiger partial charge is 0.141 e. The number of rotatable bonds is 3. The highest BCUT2D eigenvalue weighted by Crippen LogP contribution is 2.43. The first-order valence-corrected chi connectivity index (χ1v) is 10.7. The van der Waals surface area contributed by atoms with Crippen LogP contribution in [0.3, 0.4) is 0 Å². The first-order valence-electron chi connectivity index (χ1n) is 10.3. The van der Waals surface area contributed by atoms with Crippen LogP contribution in [-0.4, -0.2) is 17.3 Å². The molecule has 0 aromatic rings. The summed E-state index contributed by atoms with van der Waals surface area (Å²) in [7, 11) is 0. The maximum Gasteiger partial charge on any atom is 0.141 e. The van der Waals surface area contributed by atoms with Crippen molar-refractivity contribution in [1.82, 2.24) is 0 Å². The highest BCUT2D eigenvalue weighted by atomic mass is 35.5. The van der Waals surface area contributed by atoms with Crippen LogP contribution in [0, 0.1) is 35.5 Å². The Morgan fingerprint density at radius 1 is 0.833 bits per heavy atom. The van der Waals surface area contributed by atoms with Crippen LogP contribution in [0.1, 0.15) is 78.1 Å². The largest absolute Gasteiger partial charge is 0.299 e. The first kappa shape index (κ1) is 18.7. The molecule has 3 fully saturated rings. The minimum absolute atomic E-state index is 0.101. The molecule has 0 aromatic carbocycles. The highest BCUT2D eigenvalue weighted by molar-refractivity contribution is 6.21. The van der Waals surface area contributed by atoms with Crippen molar-refractivity contribution in [2.75, 3.05) is 0 Å². The second-order valence-electron chi connectivity index (χ2n) is 9.08. The fourth-order valence-corrected chi connectivity index (χ4v) is 5.83. The lowest BCUT2D eigenvalue weighted by Crippen LogP contribution is -2.43. The number of hydrogen-bond acceptors (Lipinski definition) is 1. The van der Waals surface area contributed by atoms with Gasteiger partial charge < -0.3 is 0 Å². The van der Waals surface area contributed by atoms with Gasteiger partial charge in [0.2, 0.25) is 0 Å². The number of hydrogen-bond donors (Lipinski definition) is 0. The molecule has 0 saturated heterocycles. The van der Waals surface area contributed by atoms with Crippen molar-refractivity contribution in [2.45, 2.75) is 89.6 Å². The molecule has 3 aliphatic carbocycles. The molecule has 0 amide bonds. The minimum atomic E-state index is -1.14. The zero-order valence-electron chi connectivity index (χ0n) is 15.4. The van der Waals surface area contributed by atoms with E-state index < -0.39 is 17.5 Å². The molecule has 3 rings (SSSR count). The Morgan fingerprint density at radius 2 is 1.38 bits per heavy atom. The zero-order valence-corrected chi connectivity index (χ0v) is 16.1. The van der Waals surface area contributed by atoms with Crippen LogP contribution in [0.2, 0.25) is 0 Å². The average molecular weight is 357 g/mol. The van der Waals surface area contributed by atoms with Crippen molar-refractivity contribution in [3.05, 3.63) is 0 Å². The van der Waals surface area contributed by atoms with Gasteiger partial charge in [-0.1, -0.05) is 26.7 Å². The molecule has 24 heavy (non-hydrogen) atoms. The molecule has 0 radical (unpaired) electrons. The summed E-state index contributed by atoms with van der Waals surface area (Å²) in [6, 6.07) is 0. The molecule has 0 heterocycles. The molecule has 0 bridgehead atoms. The second-order valence-corrected chi connectivity index (χ2v) is 9.59. The van der Waals surface area contributed by atoms with E-state index in [1.807, 2.05) is 6.92 Å². The van der Waals surface area contributed by atoms with Gasteiger partial charge in [-0.3, -0.25) is 4.79 Å². The van der Waals surface area contributed by atoms with E-state index in [9.17, 15) is 9.18 Å². The molecule has 138 valence electrons. The standard InChI is InChI=1S/C21H34ClFO/c1-13-3-6-15(7-4-13)16-8-10-17(11-9-16)21(24)18-12-5-14(2)19(22)20(18)23/h13-20H,3-12H2,1-2H3. The van der Waals surface area contributed by atoms with Crippen molar-refractivity contribution in [1.29, 1.82) is 0 Å². The Kier molecular flexibility index (Phi) is 6.27. The Labute approximate surface area is 152 Å². The first-order chi connectivity index (χ1) is 11.5. The average Bonchev–Trinajstić information content (AvgIpc) is 2.60. The van der Waals surface area contributed by atoms with Gasteiger partial charge in [0.1, 0.15) is 12.0 Å². The molecular weight excluding hydrogens is 323 g/mol. The summed E-state index contributed by atoms with van der Waals surface area (Å²) in [6.45, 7) is 4.37. The molecule has 0 aliphatic heterocycles. The van der Waals surface area contributed by atoms with Crippen molar-refractivity contribution < 1.29 is 9.18 Å². The zero-order chi connectivity index (χ0) is 17.3. The van der Waals surface area contributed by atoms with E-state index in [1.165, 1.54) is 38.5 Å². The van der Waals surface area contributed by atoms with Crippen molar-refractivity contribution in [3.63, 3.8) is 0 Å². The van der Waals surface area contributed by atoms with Gasteiger partial charge >= 0.3 is 0 Å². The minimum Gasteiger partial charge on any atom is -0.299 e. The maximum atomic E-state index is 14.5. The molecule has 0 spiro atoms. The van der Waals surface area contributed by atoms with Crippen LogP contribution in [0.4, 0.5) is 4.39 Å². The lowest BCUT2D eigenvalue weighted by atomic mass is 9.67. The lowest BCUT2D eigenvalue weighted by Gasteiger charge is -2.39. The van der Waals surface area contributed by atoms with Gasteiger partial charge in [-0.25, -0.2) is 4.39 Å². The van der Waals surface area contributed by atoms with Crippen molar-refractivity contribution >= 4 is 17.4 Å².